The molecule has 0 saturated heterocycles. The molecule has 0 bridgehead atoms. The van der Waals surface area contributed by atoms with Gasteiger partial charge in [-0.15, -0.1) is 0 Å². The van der Waals surface area contributed by atoms with Crippen LogP contribution in [0.3, 0.4) is 0 Å². The van der Waals surface area contributed by atoms with Crippen molar-refractivity contribution < 1.29 is 0 Å². The van der Waals surface area contributed by atoms with Crippen molar-refractivity contribution in [3.63, 3.8) is 0 Å². The van der Waals surface area contributed by atoms with Crippen molar-refractivity contribution >= 4 is 0 Å². The first-order valence-corrected chi connectivity index (χ1v) is 6.41. The average Bonchev–Trinajstić information content (AvgIpc) is 3.02. The number of H-pyrrole nitrogens is 1. The molecule has 1 aliphatic carbocycles. The van der Waals surface area contributed by atoms with E-state index in [1.807, 2.05) is 6.92 Å². The average molecular weight is 222 g/mol. The summed E-state index contributed by atoms with van der Waals surface area (Å²) in [6.45, 7) is 5.20. The van der Waals surface area contributed by atoms with Gasteiger partial charge in [0.1, 0.15) is 5.82 Å². The predicted octanol–water partition coefficient (Wildman–Crippen LogP) is 1.82. The molecule has 1 unspecified atom stereocenters. The monoisotopic (exact) mass is 222 g/mol. The van der Waals surface area contributed by atoms with Gasteiger partial charge in [-0.2, -0.15) is 5.10 Å². The molecule has 0 amide bonds. The largest absolute Gasteiger partial charge is 0.313 e. The highest BCUT2D eigenvalue weighted by Gasteiger charge is 2.29. The molecule has 0 aliphatic heterocycles. The molecular weight excluding hydrogens is 200 g/mol. The fourth-order valence-corrected chi connectivity index (χ4v) is 2.18. The first kappa shape index (κ1) is 11.6. The minimum atomic E-state index is 0.727. The Morgan fingerprint density at radius 1 is 1.50 bits per heavy atom. The van der Waals surface area contributed by atoms with Crippen LogP contribution in [0, 0.1) is 12.8 Å². The normalized spacial score (nSPS) is 17.6. The Hall–Kier alpha value is -0.900. The number of hydrogen-bond donors (Lipinski definition) is 2. The molecule has 4 heteroatoms. The summed E-state index contributed by atoms with van der Waals surface area (Å²) in [6.07, 6.45) is 6.33. The second kappa shape index (κ2) is 5.43. The molecule has 2 N–H and O–H groups in total. The number of rotatable bonds is 7. The zero-order valence-corrected chi connectivity index (χ0v) is 10.3. The molecule has 1 aromatic rings. The van der Waals surface area contributed by atoms with Crippen molar-refractivity contribution in [3.8, 4) is 0 Å². The fraction of sp³-hybridized carbons (Fsp3) is 0.833. The summed E-state index contributed by atoms with van der Waals surface area (Å²) in [5.41, 5.74) is 0. The summed E-state index contributed by atoms with van der Waals surface area (Å²) in [5.74, 6) is 2.77. The maximum atomic E-state index is 4.31. The van der Waals surface area contributed by atoms with Gasteiger partial charge >= 0.3 is 0 Å². The highest BCUT2D eigenvalue weighted by Crippen LogP contribution is 2.34. The maximum absolute atomic E-state index is 4.31. The van der Waals surface area contributed by atoms with Crippen molar-refractivity contribution in [1.82, 2.24) is 20.5 Å². The summed E-state index contributed by atoms with van der Waals surface area (Å²) in [5, 5.41) is 10.7. The molecule has 1 atom stereocenters. The SMILES string of the molecule is CCCC(NCCc1n[nH]c(C)n1)C1CC1. The van der Waals surface area contributed by atoms with Gasteiger partial charge in [-0.3, -0.25) is 5.10 Å². The molecule has 0 radical (unpaired) electrons. The zero-order valence-electron chi connectivity index (χ0n) is 10.3. The fourth-order valence-electron chi connectivity index (χ4n) is 2.18. The summed E-state index contributed by atoms with van der Waals surface area (Å²) in [4.78, 5) is 4.31. The molecule has 0 spiro atoms. The number of aromatic amines is 1. The number of nitrogens with one attached hydrogen (secondary N) is 2. The van der Waals surface area contributed by atoms with E-state index < -0.39 is 0 Å². The molecule has 1 heterocycles. The maximum Gasteiger partial charge on any atom is 0.151 e. The number of aromatic nitrogens is 3. The van der Waals surface area contributed by atoms with E-state index >= 15 is 0 Å². The van der Waals surface area contributed by atoms with Crippen LogP contribution in [0.5, 0.6) is 0 Å². The summed E-state index contributed by atoms with van der Waals surface area (Å²) >= 11 is 0. The molecule has 16 heavy (non-hydrogen) atoms. The van der Waals surface area contributed by atoms with Crippen molar-refractivity contribution in [2.75, 3.05) is 6.54 Å². The molecule has 1 fully saturated rings. The summed E-state index contributed by atoms with van der Waals surface area (Å²) in [7, 11) is 0. The van der Waals surface area contributed by atoms with E-state index in [9.17, 15) is 0 Å². The Balaban J connectivity index is 1.69. The van der Waals surface area contributed by atoms with Crippen LogP contribution in [0.2, 0.25) is 0 Å². The second-order valence-corrected chi connectivity index (χ2v) is 4.77. The van der Waals surface area contributed by atoms with E-state index in [0.29, 0.717) is 0 Å². The molecule has 4 nitrogen and oxygen atoms in total. The van der Waals surface area contributed by atoms with E-state index in [0.717, 1.165) is 36.6 Å². The van der Waals surface area contributed by atoms with E-state index in [1.54, 1.807) is 0 Å². The third-order valence-corrected chi connectivity index (χ3v) is 3.19. The lowest BCUT2D eigenvalue weighted by Crippen LogP contribution is -2.32. The molecule has 1 saturated carbocycles. The third kappa shape index (κ3) is 3.30. The first-order valence-electron chi connectivity index (χ1n) is 6.41. The number of hydrogen-bond acceptors (Lipinski definition) is 3. The van der Waals surface area contributed by atoms with Gasteiger partial charge in [0.2, 0.25) is 0 Å². The first-order chi connectivity index (χ1) is 7.79. The highest BCUT2D eigenvalue weighted by atomic mass is 15.2. The van der Waals surface area contributed by atoms with Crippen molar-refractivity contribution in [1.29, 1.82) is 0 Å². The quantitative estimate of drug-likeness (QED) is 0.740. The summed E-state index contributed by atoms with van der Waals surface area (Å²) in [6, 6.07) is 0.727. The van der Waals surface area contributed by atoms with Gasteiger partial charge in [0.05, 0.1) is 0 Å². The van der Waals surface area contributed by atoms with Crippen LogP contribution in [0.4, 0.5) is 0 Å². The van der Waals surface area contributed by atoms with Crippen LogP contribution < -0.4 is 5.32 Å². The van der Waals surface area contributed by atoms with E-state index in [-0.39, 0.29) is 0 Å². The third-order valence-electron chi connectivity index (χ3n) is 3.19. The minimum Gasteiger partial charge on any atom is -0.313 e. The molecular formula is C12H22N4. The lowest BCUT2D eigenvalue weighted by molar-refractivity contribution is 0.432. The van der Waals surface area contributed by atoms with Crippen LogP contribution in [-0.4, -0.2) is 27.8 Å². The topological polar surface area (TPSA) is 53.6 Å². The Morgan fingerprint density at radius 2 is 2.31 bits per heavy atom. The van der Waals surface area contributed by atoms with Crippen molar-refractivity contribution in [3.05, 3.63) is 11.6 Å². The molecule has 90 valence electrons. The molecule has 2 rings (SSSR count). The zero-order chi connectivity index (χ0) is 11.4. The predicted molar refractivity (Wildman–Crippen MR) is 64.2 cm³/mol. The van der Waals surface area contributed by atoms with Crippen molar-refractivity contribution in [2.45, 2.75) is 52.0 Å². The van der Waals surface area contributed by atoms with Gasteiger partial charge in [0, 0.05) is 19.0 Å². The van der Waals surface area contributed by atoms with Crippen LogP contribution in [0.1, 0.15) is 44.3 Å². The molecule has 1 aromatic heterocycles. The van der Waals surface area contributed by atoms with Gasteiger partial charge < -0.3 is 5.32 Å². The van der Waals surface area contributed by atoms with Crippen LogP contribution >= 0.6 is 0 Å². The Kier molecular flexibility index (Phi) is 3.93. The number of aryl methyl sites for hydroxylation is 1. The summed E-state index contributed by atoms with van der Waals surface area (Å²) < 4.78 is 0. The number of nitrogens with zero attached hydrogens (tertiary/aromatic N) is 2. The second-order valence-electron chi connectivity index (χ2n) is 4.77. The van der Waals surface area contributed by atoms with Gasteiger partial charge in [-0.25, -0.2) is 4.98 Å². The van der Waals surface area contributed by atoms with E-state index in [1.165, 1.54) is 25.7 Å². The Labute approximate surface area is 97.2 Å². The van der Waals surface area contributed by atoms with Gasteiger partial charge in [0.25, 0.3) is 0 Å². The smallest absolute Gasteiger partial charge is 0.151 e. The lowest BCUT2D eigenvalue weighted by atomic mass is 10.1. The van der Waals surface area contributed by atoms with Gasteiger partial charge in [-0.1, -0.05) is 13.3 Å². The molecule has 1 aliphatic rings. The Bertz CT molecular complexity index is 317. The van der Waals surface area contributed by atoms with Crippen LogP contribution in [-0.2, 0) is 6.42 Å². The Morgan fingerprint density at radius 3 is 2.88 bits per heavy atom. The standard InChI is InChI=1S/C12H22N4/c1-3-4-11(10-5-6-10)13-8-7-12-14-9(2)15-16-12/h10-11,13H,3-8H2,1-2H3,(H,14,15,16). The minimum absolute atomic E-state index is 0.727. The van der Waals surface area contributed by atoms with Gasteiger partial charge in [-0.05, 0) is 32.1 Å². The lowest BCUT2D eigenvalue weighted by Gasteiger charge is -2.16. The van der Waals surface area contributed by atoms with Gasteiger partial charge in [0.15, 0.2) is 5.82 Å². The molecule has 0 aromatic carbocycles. The van der Waals surface area contributed by atoms with E-state index in [4.69, 9.17) is 0 Å². The van der Waals surface area contributed by atoms with E-state index in [2.05, 4.69) is 27.4 Å². The highest BCUT2D eigenvalue weighted by molar-refractivity contribution is 4.90. The van der Waals surface area contributed by atoms with Crippen molar-refractivity contribution in [2.24, 2.45) is 5.92 Å². The van der Waals surface area contributed by atoms with Crippen LogP contribution in [0.15, 0.2) is 0 Å². The van der Waals surface area contributed by atoms with Crippen LogP contribution in [0.25, 0.3) is 0 Å².